The summed E-state index contributed by atoms with van der Waals surface area (Å²) in [5, 5.41) is 35.9. The van der Waals surface area contributed by atoms with Gasteiger partial charge in [0.15, 0.2) is 0 Å². The summed E-state index contributed by atoms with van der Waals surface area (Å²) in [5.41, 5.74) is -1.10. The largest absolute Gasteiger partial charge is 0.480 e. The predicted molar refractivity (Wildman–Crippen MR) is 91.9 cm³/mol. The fourth-order valence-corrected chi connectivity index (χ4v) is 2.20. The average Bonchev–Trinajstić information content (AvgIpc) is 2.53. The Bertz CT molecular complexity index is 720. The van der Waals surface area contributed by atoms with Crippen LogP contribution in [0.15, 0.2) is 18.2 Å². The van der Waals surface area contributed by atoms with E-state index in [1.54, 1.807) is 0 Å². The highest BCUT2D eigenvalue weighted by molar-refractivity contribution is 5.89. The molecule has 0 aromatic heterocycles. The number of benzene rings is 1. The number of nitrogens with one attached hydrogen (secondary N) is 2. The van der Waals surface area contributed by atoms with Crippen molar-refractivity contribution in [2.24, 2.45) is 5.92 Å². The van der Waals surface area contributed by atoms with Crippen LogP contribution in [-0.4, -0.2) is 38.9 Å². The van der Waals surface area contributed by atoms with Crippen molar-refractivity contribution in [1.29, 1.82) is 0 Å². The molecule has 11 heteroatoms. The molecule has 11 nitrogen and oxygen atoms in total. The van der Waals surface area contributed by atoms with Crippen LogP contribution in [0.2, 0.25) is 0 Å². The predicted octanol–water partition coefficient (Wildman–Crippen LogP) is 1.92. The average molecular weight is 368 g/mol. The van der Waals surface area contributed by atoms with E-state index >= 15 is 0 Å². The monoisotopic (exact) mass is 368 g/mol. The number of carbonyl (C=O) groups excluding carboxylic acids is 1. The second-order valence-corrected chi connectivity index (χ2v) is 6.11. The molecule has 0 fully saturated rings. The Hall–Kier alpha value is -3.24. The number of nitro benzene ring substituents is 2. The number of amides is 1. The van der Waals surface area contributed by atoms with Gasteiger partial charge in [0.05, 0.1) is 15.9 Å². The van der Waals surface area contributed by atoms with Crippen molar-refractivity contribution in [2.45, 2.75) is 39.3 Å². The molecule has 0 saturated carbocycles. The Morgan fingerprint density at radius 3 is 2.23 bits per heavy atom. The second-order valence-electron chi connectivity index (χ2n) is 6.11. The van der Waals surface area contributed by atoms with E-state index in [2.05, 4.69) is 10.6 Å². The normalized spacial score (nSPS) is 12.9. The molecule has 0 aliphatic carbocycles. The van der Waals surface area contributed by atoms with Crippen molar-refractivity contribution < 1.29 is 24.5 Å². The maximum absolute atomic E-state index is 12.2. The number of aliphatic carboxylic acids is 1. The molecule has 0 heterocycles. The lowest BCUT2D eigenvalue weighted by molar-refractivity contribution is -0.393. The van der Waals surface area contributed by atoms with E-state index in [0.29, 0.717) is 0 Å². The maximum atomic E-state index is 12.2. The topological polar surface area (TPSA) is 165 Å². The molecule has 0 spiro atoms. The maximum Gasteiger partial charge on any atom is 0.326 e. The van der Waals surface area contributed by atoms with Crippen LogP contribution < -0.4 is 10.6 Å². The zero-order valence-corrected chi connectivity index (χ0v) is 14.5. The number of hydrogen-bond donors (Lipinski definition) is 3. The van der Waals surface area contributed by atoms with Gasteiger partial charge in [-0.2, -0.15) is 0 Å². The lowest BCUT2D eigenvalue weighted by Crippen LogP contribution is -2.47. The van der Waals surface area contributed by atoms with Crippen LogP contribution in [0.1, 0.15) is 27.2 Å². The Balaban J connectivity index is 2.93. The number of carboxylic acids is 1. The first-order chi connectivity index (χ1) is 12.0. The molecule has 3 N–H and O–H groups in total. The van der Waals surface area contributed by atoms with Gasteiger partial charge in [0.2, 0.25) is 5.91 Å². The molecule has 0 bridgehead atoms. The van der Waals surface area contributed by atoms with Gasteiger partial charge in [-0.1, -0.05) is 13.8 Å². The number of carbonyl (C=O) groups is 2. The highest BCUT2D eigenvalue weighted by Gasteiger charge is 2.26. The van der Waals surface area contributed by atoms with Gasteiger partial charge in [-0.05, 0) is 25.3 Å². The molecule has 1 amide bonds. The van der Waals surface area contributed by atoms with Crippen LogP contribution in [0.5, 0.6) is 0 Å². The van der Waals surface area contributed by atoms with Gasteiger partial charge in [0.25, 0.3) is 11.4 Å². The summed E-state index contributed by atoms with van der Waals surface area (Å²) in [6.07, 6.45) is 0.228. The van der Waals surface area contributed by atoms with E-state index in [9.17, 15) is 29.8 Å². The lowest BCUT2D eigenvalue weighted by Gasteiger charge is -2.20. The Morgan fingerprint density at radius 2 is 1.77 bits per heavy atom. The molecule has 142 valence electrons. The van der Waals surface area contributed by atoms with Gasteiger partial charge >= 0.3 is 5.97 Å². The molecular weight excluding hydrogens is 348 g/mol. The van der Waals surface area contributed by atoms with Gasteiger partial charge in [0.1, 0.15) is 17.8 Å². The van der Waals surface area contributed by atoms with E-state index in [1.165, 1.54) is 6.92 Å². The third-order valence-corrected chi connectivity index (χ3v) is 3.48. The van der Waals surface area contributed by atoms with E-state index in [4.69, 9.17) is 5.11 Å². The molecular formula is C15H20N4O7. The summed E-state index contributed by atoms with van der Waals surface area (Å²) in [6, 6.07) is 0.899. The summed E-state index contributed by atoms with van der Waals surface area (Å²) >= 11 is 0. The van der Waals surface area contributed by atoms with Gasteiger partial charge < -0.3 is 15.7 Å². The number of carboxylic acid groups (broad SMARTS) is 1. The van der Waals surface area contributed by atoms with Gasteiger partial charge in [0, 0.05) is 6.07 Å². The van der Waals surface area contributed by atoms with Gasteiger partial charge in [-0.25, -0.2) is 4.79 Å². The fourth-order valence-electron chi connectivity index (χ4n) is 2.20. The summed E-state index contributed by atoms with van der Waals surface area (Å²) in [7, 11) is 0. The van der Waals surface area contributed by atoms with Gasteiger partial charge in [-0.15, -0.1) is 0 Å². The molecule has 1 aromatic carbocycles. The third-order valence-electron chi connectivity index (χ3n) is 3.48. The SMILES string of the molecule is CC(C)CC(NC(=O)C(C)Nc1ccc([N+](=O)[O-])cc1[N+](=O)[O-])C(=O)O. The van der Waals surface area contributed by atoms with E-state index in [1.807, 2.05) is 13.8 Å². The molecule has 0 saturated heterocycles. The lowest BCUT2D eigenvalue weighted by atomic mass is 10.0. The van der Waals surface area contributed by atoms with Crippen LogP contribution >= 0.6 is 0 Å². The number of non-ortho nitro benzene ring substituents is 1. The van der Waals surface area contributed by atoms with Crippen molar-refractivity contribution in [3.63, 3.8) is 0 Å². The zero-order valence-electron chi connectivity index (χ0n) is 14.5. The van der Waals surface area contributed by atoms with Gasteiger partial charge in [-0.3, -0.25) is 25.0 Å². The number of anilines is 1. The van der Waals surface area contributed by atoms with E-state index in [-0.39, 0.29) is 18.0 Å². The minimum Gasteiger partial charge on any atom is -0.480 e. The number of nitrogens with zero attached hydrogens (tertiary/aromatic N) is 2. The molecule has 0 aliphatic heterocycles. The Labute approximate surface area is 148 Å². The molecule has 26 heavy (non-hydrogen) atoms. The van der Waals surface area contributed by atoms with Crippen molar-refractivity contribution in [3.8, 4) is 0 Å². The highest BCUT2D eigenvalue weighted by atomic mass is 16.6. The van der Waals surface area contributed by atoms with E-state index in [0.717, 1.165) is 18.2 Å². The molecule has 1 rings (SSSR count). The minimum absolute atomic E-state index is 0.0374. The second kappa shape index (κ2) is 8.74. The summed E-state index contributed by atoms with van der Waals surface area (Å²) in [5.74, 6) is -1.80. The van der Waals surface area contributed by atoms with Crippen LogP contribution in [-0.2, 0) is 9.59 Å². The third kappa shape index (κ3) is 5.69. The quantitative estimate of drug-likeness (QED) is 0.439. The first kappa shape index (κ1) is 20.8. The molecule has 2 atom stereocenters. The van der Waals surface area contributed by atoms with E-state index < -0.39 is 45.2 Å². The molecule has 1 aromatic rings. The summed E-state index contributed by atoms with van der Waals surface area (Å²) < 4.78 is 0. The molecule has 2 unspecified atom stereocenters. The first-order valence-electron chi connectivity index (χ1n) is 7.75. The van der Waals surface area contributed by atoms with Crippen LogP contribution in [0.25, 0.3) is 0 Å². The smallest absolute Gasteiger partial charge is 0.326 e. The standard InChI is InChI=1S/C15H20N4O7/c1-8(2)6-12(15(21)22)17-14(20)9(3)16-11-5-4-10(18(23)24)7-13(11)19(25)26/h4-5,7-9,12,16H,6H2,1-3H3,(H,17,20)(H,21,22). The number of nitro groups is 2. The van der Waals surface area contributed by atoms with Crippen LogP contribution in [0, 0.1) is 26.1 Å². The van der Waals surface area contributed by atoms with Crippen LogP contribution in [0.3, 0.4) is 0 Å². The minimum atomic E-state index is -1.18. The van der Waals surface area contributed by atoms with Crippen LogP contribution in [0.4, 0.5) is 17.1 Å². The first-order valence-corrected chi connectivity index (χ1v) is 7.75. The summed E-state index contributed by atoms with van der Waals surface area (Å²) in [6.45, 7) is 5.02. The van der Waals surface area contributed by atoms with Crippen molar-refractivity contribution in [1.82, 2.24) is 5.32 Å². The van der Waals surface area contributed by atoms with Crippen molar-refractivity contribution >= 4 is 28.9 Å². The number of hydrogen-bond acceptors (Lipinski definition) is 7. The highest BCUT2D eigenvalue weighted by Crippen LogP contribution is 2.29. The number of rotatable bonds is 9. The van der Waals surface area contributed by atoms with Crippen molar-refractivity contribution in [3.05, 3.63) is 38.4 Å². The molecule has 0 radical (unpaired) electrons. The zero-order chi connectivity index (χ0) is 20.0. The Morgan fingerprint density at radius 1 is 1.15 bits per heavy atom. The Kier molecular flexibility index (Phi) is 6.99. The molecule has 0 aliphatic rings. The summed E-state index contributed by atoms with van der Waals surface area (Å²) in [4.78, 5) is 43.7. The van der Waals surface area contributed by atoms with Crippen molar-refractivity contribution in [2.75, 3.05) is 5.32 Å². The fraction of sp³-hybridized carbons (Fsp3) is 0.467.